The number of aliphatic carboxylic acids is 1. The van der Waals surface area contributed by atoms with Crippen molar-refractivity contribution >= 4 is 53.2 Å². The summed E-state index contributed by atoms with van der Waals surface area (Å²) in [6, 6.07) is 1.17. The Kier molecular flexibility index (Phi) is 9.79. The Hall–Kier alpha value is -3.51. The lowest BCUT2D eigenvalue weighted by molar-refractivity contribution is -0.145. The predicted molar refractivity (Wildman–Crippen MR) is 168 cm³/mol. The average molecular weight is 680 g/mol. The zero-order valence-corrected chi connectivity index (χ0v) is 27.7. The summed E-state index contributed by atoms with van der Waals surface area (Å²) in [5.74, 6) is -2.74. The van der Waals surface area contributed by atoms with Gasteiger partial charge in [-0.2, -0.15) is 0 Å². The van der Waals surface area contributed by atoms with Crippen molar-refractivity contribution in [1.29, 1.82) is 0 Å². The fourth-order valence-corrected chi connectivity index (χ4v) is 6.83. The van der Waals surface area contributed by atoms with Gasteiger partial charge in [-0.25, -0.2) is 14.4 Å². The number of nitrogens with zero attached hydrogens (tertiary/aromatic N) is 2. The van der Waals surface area contributed by atoms with Crippen molar-refractivity contribution in [2.75, 3.05) is 6.54 Å². The molecule has 0 spiro atoms. The molecule has 4 aliphatic rings. The lowest BCUT2D eigenvalue weighted by atomic mass is 10.0. The maximum atomic E-state index is 14.1. The zero-order valence-electron chi connectivity index (χ0n) is 26.1. The number of ether oxygens (including phenoxy) is 2. The Labute approximate surface area is 277 Å². The molecule has 14 heteroatoms. The van der Waals surface area contributed by atoms with Crippen LogP contribution in [0, 0.1) is 5.92 Å². The van der Waals surface area contributed by atoms with E-state index in [4.69, 9.17) is 32.7 Å². The van der Waals surface area contributed by atoms with Crippen LogP contribution in [0.2, 0.25) is 10.0 Å². The van der Waals surface area contributed by atoms with E-state index in [0.29, 0.717) is 22.9 Å². The summed E-state index contributed by atoms with van der Waals surface area (Å²) in [7, 11) is 0. The molecule has 1 aromatic carbocycles. The van der Waals surface area contributed by atoms with Crippen molar-refractivity contribution in [1.82, 2.24) is 20.4 Å². The number of hydrogen-bond donors (Lipinski definition) is 3. The molecule has 0 bridgehead atoms. The second-order valence-corrected chi connectivity index (χ2v) is 14.2. The molecule has 46 heavy (non-hydrogen) atoms. The number of carbonyl (C=O) groups is 5. The van der Waals surface area contributed by atoms with Gasteiger partial charge in [0.2, 0.25) is 11.8 Å². The molecule has 1 unspecified atom stereocenters. The summed E-state index contributed by atoms with van der Waals surface area (Å²) in [6.07, 6.45) is 4.84. The Balaban J connectivity index is 1.37. The van der Waals surface area contributed by atoms with E-state index < -0.39 is 59.3 Å². The summed E-state index contributed by atoms with van der Waals surface area (Å²) in [5, 5.41) is 16.4. The minimum Gasteiger partial charge on any atom is -0.479 e. The van der Waals surface area contributed by atoms with Gasteiger partial charge in [-0.05, 0) is 69.7 Å². The molecule has 1 aliphatic carbocycles. The molecule has 12 nitrogen and oxygen atoms in total. The first-order chi connectivity index (χ1) is 21.7. The molecule has 4 amide bonds. The van der Waals surface area contributed by atoms with Crippen LogP contribution in [0.4, 0.5) is 9.59 Å². The molecular weight excluding hydrogens is 639 g/mol. The number of hydrogen-bond acceptors (Lipinski definition) is 7. The maximum absolute atomic E-state index is 14.1. The van der Waals surface area contributed by atoms with Crippen LogP contribution in [0.5, 0.6) is 0 Å². The highest BCUT2D eigenvalue weighted by atomic mass is 35.5. The Morgan fingerprint density at radius 1 is 1.07 bits per heavy atom. The average Bonchev–Trinajstić information content (AvgIpc) is 3.29. The van der Waals surface area contributed by atoms with Crippen molar-refractivity contribution in [3.63, 3.8) is 0 Å². The van der Waals surface area contributed by atoms with Crippen molar-refractivity contribution in [2.24, 2.45) is 5.92 Å². The second kappa shape index (κ2) is 13.3. The molecule has 1 aromatic rings. The van der Waals surface area contributed by atoms with Crippen LogP contribution in [0.1, 0.15) is 76.8 Å². The van der Waals surface area contributed by atoms with Crippen LogP contribution in [0.25, 0.3) is 0 Å². The summed E-state index contributed by atoms with van der Waals surface area (Å²) in [6.45, 7) is 5.38. The predicted octanol–water partition coefficient (Wildman–Crippen LogP) is 4.79. The third-order valence-corrected chi connectivity index (χ3v) is 9.56. The number of fused-ring (bicyclic) bond motifs is 3. The van der Waals surface area contributed by atoms with Crippen molar-refractivity contribution in [2.45, 2.75) is 108 Å². The van der Waals surface area contributed by atoms with Gasteiger partial charge in [-0.1, -0.05) is 48.2 Å². The SMILES string of the molecule is CC(C)(C)OC(=O)N[C@H]1CCCCC/C=C\[C@@H]2C[C@@]2(C(=O)O)NC(=O)C2C[C@@H](OC(=O)N3Cc4c(Cl)ccc(Cl)c4C3)CN2C1=O. The summed E-state index contributed by atoms with van der Waals surface area (Å²) >= 11 is 12.7. The van der Waals surface area contributed by atoms with Gasteiger partial charge in [0.05, 0.1) is 19.6 Å². The molecule has 1 saturated heterocycles. The van der Waals surface area contributed by atoms with E-state index in [9.17, 15) is 29.1 Å². The van der Waals surface area contributed by atoms with Crippen LogP contribution in [-0.4, -0.2) is 80.7 Å². The minimum atomic E-state index is -1.48. The van der Waals surface area contributed by atoms with Gasteiger partial charge in [0.15, 0.2) is 0 Å². The van der Waals surface area contributed by atoms with Gasteiger partial charge < -0.3 is 30.1 Å². The standard InChI is InChI=1S/C32H40Cl2N4O8/c1-31(2,3)46-29(43)35-24-10-8-6-4-5-7-9-18-14-32(18,28(41)42)36-26(39)25-13-19(15-38(25)27(24)40)45-30(44)37-16-20-21(17-37)23(34)12-11-22(20)33/h7,9,11-12,18-19,24-25H,4-6,8,10,13-17H2,1-3H3,(H,35,43)(H,36,39)(H,41,42)/b9-7-/t18-,19-,24+,25?,32-/m1/s1. The number of carboxylic acid groups (broad SMARTS) is 1. The summed E-state index contributed by atoms with van der Waals surface area (Å²) < 4.78 is 11.2. The fraction of sp³-hybridized carbons (Fsp3) is 0.594. The van der Waals surface area contributed by atoms with Gasteiger partial charge >= 0.3 is 18.2 Å². The smallest absolute Gasteiger partial charge is 0.410 e. The van der Waals surface area contributed by atoms with E-state index in [1.165, 1.54) is 9.80 Å². The maximum Gasteiger partial charge on any atom is 0.410 e. The Morgan fingerprint density at radius 2 is 1.74 bits per heavy atom. The van der Waals surface area contributed by atoms with Crippen molar-refractivity contribution < 1.29 is 38.6 Å². The second-order valence-electron chi connectivity index (χ2n) is 13.4. The molecule has 3 aliphatic heterocycles. The number of carbonyl (C=O) groups excluding carboxylic acids is 4. The number of halogens is 2. The zero-order chi connectivity index (χ0) is 33.4. The first-order valence-corrected chi connectivity index (χ1v) is 16.4. The van der Waals surface area contributed by atoms with Crippen molar-refractivity contribution in [3.05, 3.63) is 45.5 Å². The van der Waals surface area contributed by atoms with Crippen LogP contribution >= 0.6 is 23.2 Å². The normalized spacial score (nSPS) is 28.9. The highest BCUT2D eigenvalue weighted by Gasteiger charge is 2.61. The number of carboxylic acids is 1. The van der Waals surface area contributed by atoms with E-state index in [1.54, 1.807) is 32.9 Å². The number of allylic oxidation sites excluding steroid dienone is 1. The molecule has 2 fully saturated rings. The largest absolute Gasteiger partial charge is 0.479 e. The molecule has 5 rings (SSSR count). The third-order valence-electron chi connectivity index (χ3n) is 8.85. The molecule has 0 radical (unpaired) electrons. The molecule has 1 saturated carbocycles. The number of benzene rings is 1. The number of rotatable bonds is 3. The number of nitrogens with one attached hydrogen (secondary N) is 2. The quantitative estimate of drug-likeness (QED) is 0.386. The lowest BCUT2D eigenvalue weighted by Gasteiger charge is -2.30. The molecule has 250 valence electrons. The molecule has 3 N–H and O–H groups in total. The van der Waals surface area contributed by atoms with E-state index >= 15 is 0 Å². The van der Waals surface area contributed by atoms with Gasteiger partial charge in [0, 0.05) is 22.4 Å². The Morgan fingerprint density at radius 3 is 2.37 bits per heavy atom. The summed E-state index contributed by atoms with van der Waals surface area (Å²) in [5.41, 5.74) is -0.833. The highest BCUT2D eigenvalue weighted by molar-refractivity contribution is 6.34. The van der Waals surface area contributed by atoms with Crippen LogP contribution in [0.15, 0.2) is 24.3 Å². The van der Waals surface area contributed by atoms with Crippen LogP contribution in [0.3, 0.4) is 0 Å². The van der Waals surface area contributed by atoms with E-state index in [2.05, 4.69) is 10.6 Å². The molecule has 0 aromatic heterocycles. The highest BCUT2D eigenvalue weighted by Crippen LogP contribution is 2.45. The third kappa shape index (κ3) is 7.38. The van der Waals surface area contributed by atoms with E-state index in [1.807, 2.05) is 12.2 Å². The van der Waals surface area contributed by atoms with Crippen LogP contribution < -0.4 is 10.6 Å². The van der Waals surface area contributed by atoms with E-state index in [0.717, 1.165) is 30.4 Å². The van der Waals surface area contributed by atoms with Gasteiger partial charge in [-0.3, -0.25) is 14.5 Å². The van der Waals surface area contributed by atoms with Gasteiger partial charge in [0.1, 0.15) is 29.3 Å². The minimum absolute atomic E-state index is 0.0546. The summed E-state index contributed by atoms with van der Waals surface area (Å²) in [4.78, 5) is 69.0. The number of alkyl carbamates (subject to hydrolysis) is 1. The first kappa shape index (κ1) is 33.8. The topological polar surface area (TPSA) is 155 Å². The molecule has 5 atom stereocenters. The molecule has 3 heterocycles. The van der Waals surface area contributed by atoms with Gasteiger partial charge in [0.25, 0.3) is 0 Å². The lowest BCUT2D eigenvalue weighted by Crippen LogP contribution is -2.56. The fourth-order valence-electron chi connectivity index (χ4n) is 6.36. The van der Waals surface area contributed by atoms with Gasteiger partial charge in [-0.15, -0.1) is 0 Å². The van der Waals surface area contributed by atoms with Crippen LogP contribution in [-0.2, 0) is 36.9 Å². The molecular formula is C32H40Cl2N4O8. The van der Waals surface area contributed by atoms with Crippen molar-refractivity contribution in [3.8, 4) is 0 Å². The monoisotopic (exact) mass is 678 g/mol. The van der Waals surface area contributed by atoms with E-state index in [-0.39, 0.29) is 38.4 Å². The number of amides is 4. The first-order valence-electron chi connectivity index (χ1n) is 15.6. The Bertz CT molecular complexity index is 1410.